The van der Waals surface area contributed by atoms with Crippen LogP contribution in [0.25, 0.3) is 10.9 Å². The van der Waals surface area contributed by atoms with Crippen LogP contribution in [0.4, 0.5) is 0 Å². The van der Waals surface area contributed by atoms with Gasteiger partial charge in [0.15, 0.2) is 12.0 Å². The van der Waals surface area contributed by atoms with Gasteiger partial charge in [-0.2, -0.15) is 0 Å². The molecule has 5 heteroatoms. The third-order valence-electron chi connectivity index (χ3n) is 3.62. The number of hydrogen-bond acceptors (Lipinski definition) is 4. The van der Waals surface area contributed by atoms with E-state index in [4.69, 9.17) is 0 Å². The second-order valence-corrected chi connectivity index (χ2v) is 5.21. The topological polar surface area (TPSA) is 66.4 Å². The summed E-state index contributed by atoms with van der Waals surface area (Å²) in [4.78, 5) is 21.0. The molecule has 4 rings (SSSR count). The number of amides is 1. The lowest BCUT2D eigenvalue weighted by Gasteiger charge is -2.07. The van der Waals surface area contributed by atoms with Crippen LogP contribution >= 0.6 is 0 Å². The highest BCUT2D eigenvalue weighted by molar-refractivity contribution is 6.06. The van der Waals surface area contributed by atoms with Gasteiger partial charge in [-0.3, -0.25) is 15.1 Å². The lowest BCUT2D eigenvalue weighted by molar-refractivity contribution is -0.120. The number of carbonyl (C=O) groups excluding carboxylic acids is 1. The molecule has 2 heterocycles. The SMILES string of the molecule is O=C1NC(NC2CC2)=NC1c1cccc2cccnc12. The highest BCUT2D eigenvalue weighted by Crippen LogP contribution is 2.28. The molecule has 1 atom stereocenters. The maximum Gasteiger partial charge on any atom is 0.256 e. The van der Waals surface area contributed by atoms with Crippen molar-refractivity contribution in [2.24, 2.45) is 4.99 Å². The zero-order valence-corrected chi connectivity index (χ0v) is 10.8. The van der Waals surface area contributed by atoms with Crippen molar-refractivity contribution in [3.63, 3.8) is 0 Å². The maximum absolute atomic E-state index is 12.1. The summed E-state index contributed by atoms with van der Waals surface area (Å²) in [5, 5.41) is 7.06. The molecule has 1 aromatic heterocycles. The second kappa shape index (κ2) is 4.30. The average Bonchev–Trinajstić information content (AvgIpc) is 3.20. The Labute approximate surface area is 116 Å². The van der Waals surface area contributed by atoms with E-state index in [-0.39, 0.29) is 5.91 Å². The number of hydrogen-bond donors (Lipinski definition) is 2. The third kappa shape index (κ3) is 1.91. The first-order valence-corrected chi connectivity index (χ1v) is 6.80. The zero-order chi connectivity index (χ0) is 13.5. The van der Waals surface area contributed by atoms with Crippen molar-refractivity contribution in [2.75, 3.05) is 0 Å². The molecule has 1 aliphatic carbocycles. The van der Waals surface area contributed by atoms with E-state index in [1.54, 1.807) is 6.20 Å². The minimum atomic E-state index is -0.505. The van der Waals surface area contributed by atoms with Crippen LogP contribution in [0.1, 0.15) is 24.4 Å². The maximum atomic E-state index is 12.1. The van der Waals surface area contributed by atoms with Gasteiger partial charge in [0.05, 0.1) is 5.52 Å². The Balaban J connectivity index is 1.74. The number of aliphatic imine (C=N–C) groups is 1. The third-order valence-corrected chi connectivity index (χ3v) is 3.62. The lowest BCUT2D eigenvalue weighted by Crippen LogP contribution is -2.37. The van der Waals surface area contributed by atoms with Crippen LogP contribution in [-0.4, -0.2) is 22.9 Å². The quantitative estimate of drug-likeness (QED) is 0.866. The van der Waals surface area contributed by atoms with E-state index in [2.05, 4.69) is 20.6 Å². The first kappa shape index (κ1) is 11.4. The van der Waals surface area contributed by atoms with Gasteiger partial charge in [-0.15, -0.1) is 0 Å². The molecule has 1 aliphatic heterocycles. The van der Waals surface area contributed by atoms with E-state index in [1.807, 2.05) is 30.3 Å². The molecule has 100 valence electrons. The van der Waals surface area contributed by atoms with Crippen LogP contribution < -0.4 is 10.6 Å². The van der Waals surface area contributed by atoms with Gasteiger partial charge in [-0.05, 0) is 18.9 Å². The summed E-state index contributed by atoms with van der Waals surface area (Å²) in [6, 6.07) is 9.70. The number of nitrogens with one attached hydrogen (secondary N) is 2. The van der Waals surface area contributed by atoms with Gasteiger partial charge in [0.25, 0.3) is 5.91 Å². The van der Waals surface area contributed by atoms with Gasteiger partial charge < -0.3 is 5.32 Å². The van der Waals surface area contributed by atoms with Crippen molar-refractivity contribution in [3.05, 3.63) is 42.1 Å². The molecule has 0 saturated heterocycles. The molecule has 1 fully saturated rings. The molecule has 1 amide bonds. The minimum Gasteiger partial charge on any atom is -0.353 e. The first-order valence-electron chi connectivity index (χ1n) is 6.80. The van der Waals surface area contributed by atoms with E-state index in [9.17, 15) is 4.79 Å². The van der Waals surface area contributed by atoms with Crippen molar-refractivity contribution in [1.82, 2.24) is 15.6 Å². The normalized spacial score (nSPS) is 21.7. The predicted molar refractivity (Wildman–Crippen MR) is 76.2 cm³/mol. The van der Waals surface area contributed by atoms with Gasteiger partial charge in [-0.1, -0.05) is 24.3 Å². The summed E-state index contributed by atoms with van der Waals surface area (Å²) < 4.78 is 0. The van der Waals surface area contributed by atoms with Gasteiger partial charge in [0, 0.05) is 23.2 Å². The Kier molecular flexibility index (Phi) is 2.45. The fourth-order valence-corrected chi connectivity index (χ4v) is 2.46. The largest absolute Gasteiger partial charge is 0.353 e. The molecular formula is C15H14N4O. The molecule has 20 heavy (non-hydrogen) atoms. The smallest absolute Gasteiger partial charge is 0.256 e. The van der Waals surface area contributed by atoms with E-state index in [1.165, 1.54) is 0 Å². The molecule has 0 bridgehead atoms. The van der Waals surface area contributed by atoms with Gasteiger partial charge >= 0.3 is 0 Å². The number of benzene rings is 1. The Bertz CT molecular complexity index is 715. The van der Waals surface area contributed by atoms with E-state index in [0.717, 1.165) is 29.3 Å². The number of nitrogens with zero attached hydrogens (tertiary/aromatic N) is 2. The van der Waals surface area contributed by atoms with Crippen molar-refractivity contribution in [2.45, 2.75) is 24.9 Å². The lowest BCUT2D eigenvalue weighted by atomic mass is 10.0. The molecule has 2 aliphatic rings. The number of fused-ring (bicyclic) bond motifs is 1. The second-order valence-electron chi connectivity index (χ2n) is 5.21. The summed E-state index contributed by atoms with van der Waals surface area (Å²) in [5.74, 6) is 0.502. The molecule has 0 radical (unpaired) electrons. The number of rotatable bonds is 2. The van der Waals surface area contributed by atoms with Crippen LogP contribution in [0.3, 0.4) is 0 Å². The molecule has 2 N–H and O–H groups in total. The molecule has 0 spiro atoms. The van der Waals surface area contributed by atoms with Crippen LogP contribution in [0.2, 0.25) is 0 Å². The molecule has 1 saturated carbocycles. The number of aromatic nitrogens is 1. The summed E-state index contributed by atoms with van der Waals surface area (Å²) >= 11 is 0. The Hall–Kier alpha value is -2.43. The molecule has 1 unspecified atom stereocenters. The number of guanidine groups is 1. The summed E-state index contributed by atoms with van der Waals surface area (Å²) in [6.07, 6.45) is 4.04. The minimum absolute atomic E-state index is 0.0914. The number of carbonyl (C=O) groups is 1. The van der Waals surface area contributed by atoms with Crippen molar-refractivity contribution in [3.8, 4) is 0 Å². The Morgan fingerprint density at radius 2 is 2.05 bits per heavy atom. The molecule has 2 aromatic rings. The van der Waals surface area contributed by atoms with Gasteiger partial charge in [-0.25, -0.2) is 4.99 Å². The van der Waals surface area contributed by atoms with Crippen LogP contribution in [0.5, 0.6) is 0 Å². The Morgan fingerprint density at radius 3 is 2.90 bits per heavy atom. The average molecular weight is 266 g/mol. The predicted octanol–water partition coefficient (Wildman–Crippen LogP) is 1.51. The molecular weight excluding hydrogens is 252 g/mol. The monoisotopic (exact) mass is 266 g/mol. The fraction of sp³-hybridized carbons (Fsp3) is 0.267. The summed E-state index contributed by atoms with van der Waals surface area (Å²) in [6.45, 7) is 0. The van der Waals surface area contributed by atoms with Crippen LogP contribution in [0, 0.1) is 0 Å². The summed E-state index contributed by atoms with van der Waals surface area (Å²) in [7, 11) is 0. The molecule has 1 aromatic carbocycles. The number of pyridine rings is 1. The Morgan fingerprint density at radius 1 is 1.20 bits per heavy atom. The van der Waals surface area contributed by atoms with Gasteiger partial charge in [0.1, 0.15) is 0 Å². The van der Waals surface area contributed by atoms with E-state index in [0.29, 0.717) is 12.0 Å². The first-order chi connectivity index (χ1) is 9.81. The number of para-hydroxylation sites is 1. The highest BCUT2D eigenvalue weighted by atomic mass is 16.2. The van der Waals surface area contributed by atoms with E-state index < -0.39 is 6.04 Å². The van der Waals surface area contributed by atoms with E-state index >= 15 is 0 Å². The van der Waals surface area contributed by atoms with Crippen molar-refractivity contribution in [1.29, 1.82) is 0 Å². The summed E-state index contributed by atoms with van der Waals surface area (Å²) in [5.41, 5.74) is 1.69. The van der Waals surface area contributed by atoms with Crippen LogP contribution in [0.15, 0.2) is 41.5 Å². The highest BCUT2D eigenvalue weighted by Gasteiger charge is 2.32. The van der Waals surface area contributed by atoms with Gasteiger partial charge in [0.2, 0.25) is 0 Å². The van der Waals surface area contributed by atoms with Crippen molar-refractivity contribution < 1.29 is 4.79 Å². The standard InChI is InChI=1S/C15H14N4O/c20-14-13(18-15(19-14)17-10-6-7-10)11-5-1-3-9-4-2-8-16-12(9)11/h1-5,8,10,13H,6-7H2,(H2,17,18,19,20). The van der Waals surface area contributed by atoms with Crippen molar-refractivity contribution >= 4 is 22.8 Å². The molecule has 5 nitrogen and oxygen atoms in total. The zero-order valence-electron chi connectivity index (χ0n) is 10.8. The van der Waals surface area contributed by atoms with Crippen LogP contribution in [-0.2, 0) is 4.79 Å². The fourth-order valence-electron chi connectivity index (χ4n) is 2.46.